The van der Waals surface area contributed by atoms with Gasteiger partial charge in [-0.25, -0.2) is 9.17 Å². The first-order valence-corrected chi connectivity index (χ1v) is 10.8. The SMILES string of the molecule is Cc1cc(C(=O)O)ccc1C(=O)N[C@H](C)c1cc(-c2cnn(C)c2)cc(-c2ccns2)c1. The monoisotopic (exact) mass is 446 g/mol. The summed E-state index contributed by atoms with van der Waals surface area (Å²) in [6.07, 6.45) is 5.53. The van der Waals surface area contributed by atoms with Crippen molar-refractivity contribution in [3.05, 3.63) is 83.3 Å². The number of nitrogens with one attached hydrogen (secondary N) is 1. The molecule has 32 heavy (non-hydrogen) atoms. The van der Waals surface area contributed by atoms with E-state index in [1.165, 1.54) is 23.7 Å². The number of amides is 1. The minimum atomic E-state index is -1.02. The quantitative estimate of drug-likeness (QED) is 0.447. The summed E-state index contributed by atoms with van der Waals surface area (Å²) in [6, 6.07) is 12.4. The van der Waals surface area contributed by atoms with Crippen molar-refractivity contribution >= 4 is 23.4 Å². The van der Waals surface area contributed by atoms with Crippen LogP contribution in [0.15, 0.2) is 61.1 Å². The number of benzene rings is 2. The predicted molar refractivity (Wildman–Crippen MR) is 124 cm³/mol. The molecule has 0 radical (unpaired) electrons. The van der Waals surface area contributed by atoms with Crippen LogP contribution in [0.4, 0.5) is 0 Å². The standard InChI is InChI=1S/C24H22N4O3S/c1-14-8-16(24(30)31)4-5-21(14)23(29)27-15(2)17-9-18(20-12-25-28(3)13-20)11-19(10-17)22-6-7-26-32-22/h4-13,15H,1-3H3,(H,27,29)(H,30,31)/t15-/m1/s1. The molecule has 8 heteroatoms. The van der Waals surface area contributed by atoms with Crippen molar-refractivity contribution in [2.24, 2.45) is 7.05 Å². The maximum Gasteiger partial charge on any atom is 0.335 e. The zero-order chi connectivity index (χ0) is 22.8. The van der Waals surface area contributed by atoms with E-state index in [0.29, 0.717) is 11.1 Å². The highest BCUT2D eigenvalue weighted by molar-refractivity contribution is 7.09. The van der Waals surface area contributed by atoms with Gasteiger partial charge in [0.25, 0.3) is 5.91 Å². The largest absolute Gasteiger partial charge is 0.478 e. The Morgan fingerprint density at radius 3 is 2.50 bits per heavy atom. The molecule has 4 aromatic rings. The van der Waals surface area contributed by atoms with Gasteiger partial charge in [0.15, 0.2) is 0 Å². The lowest BCUT2D eigenvalue weighted by atomic mass is 9.97. The predicted octanol–water partition coefficient (Wildman–Crippen LogP) is 4.71. The van der Waals surface area contributed by atoms with Crippen LogP contribution in [0, 0.1) is 6.92 Å². The molecule has 1 amide bonds. The van der Waals surface area contributed by atoms with Crippen molar-refractivity contribution < 1.29 is 14.7 Å². The second-order valence-corrected chi connectivity index (χ2v) is 8.49. The molecule has 0 unspecified atom stereocenters. The van der Waals surface area contributed by atoms with Crippen LogP contribution in [0.1, 0.15) is 44.8 Å². The first-order valence-electron chi connectivity index (χ1n) is 10.0. The van der Waals surface area contributed by atoms with Crippen LogP contribution >= 0.6 is 11.5 Å². The molecule has 0 bridgehead atoms. The Bertz CT molecular complexity index is 1290. The lowest BCUT2D eigenvalue weighted by Crippen LogP contribution is -2.27. The zero-order valence-electron chi connectivity index (χ0n) is 17.9. The maximum absolute atomic E-state index is 12.9. The molecule has 0 aliphatic rings. The molecule has 0 fully saturated rings. The molecule has 0 saturated heterocycles. The Balaban J connectivity index is 1.65. The highest BCUT2D eigenvalue weighted by Gasteiger charge is 2.17. The van der Waals surface area contributed by atoms with Gasteiger partial charge in [-0.1, -0.05) is 0 Å². The van der Waals surface area contributed by atoms with Crippen LogP contribution in [-0.4, -0.2) is 31.1 Å². The minimum absolute atomic E-state index is 0.158. The number of carboxylic acid groups (broad SMARTS) is 1. The first-order chi connectivity index (χ1) is 15.3. The van der Waals surface area contributed by atoms with E-state index >= 15 is 0 Å². The fourth-order valence-corrected chi connectivity index (χ4v) is 4.14. The average Bonchev–Trinajstić information content (AvgIpc) is 3.45. The van der Waals surface area contributed by atoms with E-state index in [2.05, 4.69) is 26.9 Å². The fraction of sp³-hybridized carbons (Fsp3) is 0.167. The van der Waals surface area contributed by atoms with Crippen LogP contribution in [0.2, 0.25) is 0 Å². The summed E-state index contributed by atoms with van der Waals surface area (Å²) < 4.78 is 5.96. The number of rotatable bonds is 6. The average molecular weight is 447 g/mol. The Kier molecular flexibility index (Phi) is 5.87. The van der Waals surface area contributed by atoms with Gasteiger partial charge in [-0.15, -0.1) is 0 Å². The Morgan fingerprint density at radius 2 is 1.88 bits per heavy atom. The summed E-state index contributed by atoms with van der Waals surface area (Å²) in [7, 11) is 1.87. The lowest BCUT2D eigenvalue weighted by molar-refractivity contribution is 0.0696. The third kappa shape index (κ3) is 4.45. The molecule has 0 aliphatic heterocycles. The Morgan fingerprint density at radius 1 is 1.09 bits per heavy atom. The topological polar surface area (TPSA) is 97.1 Å². The molecular formula is C24H22N4O3S. The van der Waals surface area contributed by atoms with Crippen molar-refractivity contribution in [3.8, 4) is 21.6 Å². The zero-order valence-corrected chi connectivity index (χ0v) is 18.7. The highest BCUT2D eigenvalue weighted by atomic mass is 32.1. The molecule has 2 heterocycles. The van der Waals surface area contributed by atoms with Crippen molar-refractivity contribution in [2.75, 3.05) is 0 Å². The van der Waals surface area contributed by atoms with Gasteiger partial charge in [0.05, 0.1) is 22.7 Å². The normalized spacial score (nSPS) is 11.8. The molecule has 4 rings (SSSR count). The maximum atomic E-state index is 12.9. The van der Waals surface area contributed by atoms with Gasteiger partial charge in [0.2, 0.25) is 0 Å². The van der Waals surface area contributed by atoms with E-state index in [1.54, 1.807) is 23.9 Å². The third-order valence-corrected chi connectivity index (χ3v) is 6.08. The van der Waals surface area contributed by atoms with E-state index in [0.717, 1.165) is 27.1 Å². The van der Waals surface area contributed by atoms with Gasteiger partial charge in [-0.05, 0) is 90.1 Å². The molecule has 0 saturated carbocycles. The van der Waals surface area contributed by atoms with E-state index in [4.69, 9.17) is 5.11 Å². The van der Waals surface area contributed by atoms with Gasteiger partial charge >= 0.3 is 5.97 Å². The molecule has 0 spiro atoms. The number of carbonyl (C=O) groups is 2. The molecular weight excluding hydrogens is 424 g/mol. The Labute approximate surface area is 189 Å². The number of carbonyl (C=O) groups excluding carboxylic acids is 1. The van der Waals surface area contributed by atoms with Crippen LogP contribution in [-0.2, 0) is 7.05 Å². The van der Waals surface area contributed by atoms with Crippen molar-refractivity contribution in [1.29, 1.82) is 0 Å². The van der Waals surface area contributed by atoms with E-state index in [9.17, 15) is 9.59 Å². The van der Waals surface area contributed by atoms with Crippen molar-refractivity contribution in [1.82, 2.24) is 19.5 Å². The minimum Gasteiger partial charge on any atom is -0.478 e. The number of hydrogen-bond acceptors (Lipinski definition) is 5. The molecule has 7 nitrogen and oxygen atoms in total. The van der Waals surface area contributed by atoms with Crippen molar-refractivity contribution in [2.45, 2.75) is 19.9 Å². The van der Waals surface area contributed by atoms with Gasteiger partial charge in [-0.3, -0.25) is 9.48 Å². The van der Waals surface area contributed by atoms with E-state index in [1.807, 2.05) is 38.5 Å². The van der Waals surface area contributed by atoms with E-state index < -0.39 is 5.97 Å². The van der Waals surface area contributed by atoms with Gasteiger partial charge in [-0.2, -0.15) is 5.10 Å². The number of aromatic carboxylic acids is 1. The molecule has 162 valence electrons. The molecule has 2 N–H and O–H groups in total. The molecule has 0 aliphatic carbocycles. The number of aromatic nitrogens is 3. The van der Waals surface area contributed by atoms with Crippen LogP contribution in [0.5, 0.6) is 0 Å². The second kappa shape index (κ2) is 8.76. The number of aryl methyl sites for hydroxylation is 2. The van der Waals surface area contributed by atoms with E-state index in [-0.39, 0.29) is 17.5 Å². The molecule has 1 atom stereocenters. The lowest BCUT2D eigenvalue weighted by Gasteiger charge is -2.18. The van der Waals surface area contributed by atoms with Gasteiger partial charge < -0.3 is 10.4 Å². The summed E-state index contributed by atoms with van der Waals surface area (Å²) in [4.78, 5) is 25.1. The second-order valence-electron chi connectivity index (χ2n) is 7.65. The highest BCUT2D eigenvalue weighted by Crippen LogP contribution is 2.32. The smallest absolute Gasteiger partial charge is 0.335 e. The Hall–Kier alpha value is -3.78. The van der Waals surface area contributed by atoms with Gasteiger partial charge in [0.1, 0.15) is 0 Å². The molecule has 2 aromatic heterocycles. The summed E-state index contributed by atoms with van der Waals surface area (Å²) in [5.74, 6) is -1.27. The summed E-state index contributed by atoms with van der Waals surface area (Å²) >= 11 is 1.42. The van der Waals surface area contributed by atoms with Crippen LogP contribution in [0.3, 0.4) is 0 Å². The summed E-state index contributed by atoms with van der Waals surface area (Å²) in [5.41, 5.74) is 5.18. The summed E-state index contributed by atoms with van der Waals surface area (Å²) in [6.45, 7) is 3.66. The van der Waals surface area contributed by atoms with Crippen LogP contribution in [0.25, 0.3) is 21.6 Å². The number of nitrogens with zero attached hydrogens (tertiary/aromatic N) is 3. The van der Waals surface area contributed by atoms with Crippen molar-refractivity contribution in [3.63, 3.8) is 0 Å². The number of hydrogen-bond donors (Lipinski definition) is 2. The third-order valence-electron chi connectivity index (χ3n) is 5.28. The van der Waals surface area contributed by atoms with Crippen LogP contribution < -0.4 is 5.32 Å². The summed E-state index contributed by atoms with van der Waals surface area (Å²) in [5, 5.41) is 16.5. The molecule has 2 aromatic carbocycles. The fourth-order valence-electron chi connectivity index (χ4n) is 3.55. The number of carboxylic acids is 1. The first kappa shape index (κ1) is 21.5. The van der Waals surface area contributed by atoms with Gasteiger partial charge in [0, 0.05) is 30.6 Å².